The summed E-state index contributed by atoms with van der Waals surface area (Å²) in [4.78, 5) is 67.7. The van der Waals surface area contributed by atoms with Crippen LogP contribution in [0.1, 0.15) is 30.9 Å². The number of nitrogen functional groups attached to an aromatic ring is 1. The Kier molecular flexibility index (Phi) is 8.77. The van der Waals surface area contributed by atoms with Crippen molar-refractivity contribution in [1.29, 1.82) is 0 Å². The summed E-state index contributed by atoms with van der Waals surface area (Å²) in [7, 11) is -4.98. The summed E-state index contributed by atoms with van der Waals surface area (Å²) >= 11 is 0.422. The Balaban J connectivity index is 1.28. The second kappa shape index (κ2) is 11.9. The number of aryl methyl sites for hydroxylation is 1. The van der Waals surface area contributed by atoms with E-state index in [0.717, 1.165) is 4.57 Å². The highest BCUT2D eigenvalue weighted by molar-refractivity contribution is 8.54. The van der Waals surface area contributed by atoms with Gasteiger partial charge in [-0.1, -0.05) is 0 Å². The molecule has 2 aliphatic rings. The highest BCUT2D eigenvalue weighted by Crippen LogP contribution is 2.59. The van der Waals surface area contributed by atoms with Crippen LogP contribution in [0, 0.1) is 6.92 Å². The van der Waals surface area contributed by atoms with E-state index in [9.17, 15) is 38.5 Å². The second-order valence-corrected chi connectivity index (χ2v) is 14.6. The molecular formula is C20H27N7O12P2S. The summed E-state index contributed by atoms with van der Waals surface area (Å²) in [5, 5.41) is 9.76. The van der Waals surface area contributed by atoms with Gasteiger partial charge in [0.25, 0.3) is 5.56 Å². The van der Waals surface area contributed by atoms with E-state index in [-0.39, 0.29) is 35.5 Å². The maximum absolute atomic E-state index is 13.1. The molecule has 0 spiro atoms. The molecule has 2 aliphatic heterocycles. The first kappa shape index (κ1) is 31.0. The zero-order valence-electron chi connectivity index (χ0n) is 21.7. The molecule has 3 aromatic rings. The molecule has 0 saturated carbocycles. The van der Waals surface area contributed by atoms with Crippen LogP contribution in [-0.2, 0) is 27.7 Å². The van der Waals surface area contributed by atoms with Crippen LogP contribution in [0.3, 0.4) is 0 Å². The standard InChI is InChI=1S/C20H27N7O12P2S/c1-9-4-26(20(30)25-19(9)29)14-2-10(12(5-28)36-14)39-41(34,35)42-6-13-11(38-40(31,32)33)3-15(37-13)27-8-24-16-17(21)22-7-23-18(16)27/h4,7-8,10-15,28H,2-3,5-6H2,1H3,(H,34,35)(H2,21,22,23)(H,25,29,30)(H2,31,32,33)/t10-,11-,12+,13+,14+,15+/m0/s1. The molecule has 7 N–H and O–H groups in total. The van der Waals surface area contributed by atoms with Crippen LogP contribution in [0.4, 0.5) is 5.82 Å². The number of nitrogens with one attached hydrogen (secondary N) is 1. The Hall–Kier alpha value is -2.48. The topological polar surface area (TPSA) is 276 Å². The lowest BCUT2D eigenvalue weighted by Gasteiger charge is -2.22. The molecule has 5 rings (SSSR count). The van der Waals surface area contributed by atoms with E-state index in [1.165, 1.54) is 30.3 Å². The summed E-state index contributed by atoms with van der Waals surface area (Å²) in [5.41, 5.74) is 5.30. The summed E-state index contributed by atoms with van der Waals surface area (Å²) in [6, 6.07) is 0. The lowest BCUT2D eigenvalue weighted by atomic mass is 10.2. The number of fused-ring (bicyclic) bond motifs is 1. The highest BCUT2D eigenvalue weighted by atomic mass is 32.7. The number of imidazole rings is 1. The van der Waals surface area contributed by atoms with Crippen molar-refractivity contribution in [1.82, 2.24) is 29.1 Å². The first-order valence-electron chi connectivity index (χ1n) is 12.3. The van der Waals surface area contributed by atoms with E-state index in [4.69, 9.17) is 24.3 Å². The molecule has 0 aromatic carbocycles. The van der Waals surface area contributed by atoms with Crippen LogP contribution in [-0.4, -0.2) is 85.6 Å². The van der Waals surface area contributed by atoms with E-state index in [1.54, 1.807) is 0 Å². The van der Waals surface area contributed by atoms with Crippen LogP contribution >= 0.6 is 26.0 Å². The molecule has 22 heteroatoms. The lowest BCUT2D eigenvalue weighted by Crippen LogP contribution is -2.33. The number of hydrogen-bond donors (Lipinski definition) is 6. The van der Waals surface area contributed by atoms with Crippen molar-refractivity contribution in [3.05, 3.63) is 45.3 Å². The van der Waals surface area contributed by atoms with Gasteiger partial charge in [-0.25, -0.2) is 28.9 Å². The van der Waals surface area contributed by atoms with Gasteiger partial charge in [0, 0.05) is 30.4 Å². The molecular weight excluding hydrogens is 624 g/mol. The van der Waals surface area contributed by atoms with E-state index in [2.05, 4.69) is 19.9 Å². The average Bonchev–Trinajstić information content (AvgIpc) is 3.61. The summed E-state index contributed by atoms with van der Waals surface area (Å²) in [6.07, 6.45) is -2.66. The molecule has 230 valence electrons. The summed E-state index contributed by atoms with van der Waals surface area (Å²) < 4.78 is 49.2. The molecule has 1 unspecified atom stereocenters. The minimum absolute atomic E-state index is 0.0691. The highest BCUT2D eigenvalue weighted by Gasteiger charge is 2.45. The van der Waals surface area contributed by atoms with Gasteiger partial charge in [0.2, 0.25) is 0 Å². The van der Waals surface area contributed by atoms with Crippen molar-refractivity contribution in [2.24, 2.45) is 0 Å². The Bertz CT molecular complexity index is 1680. The number of H-pyrrole nitrogens is 1. The van der Waals surface area contributed by atoms with Crippen molar-refractivity contribution in [2.45, 2.75) is 56.6 Å². The fraction of sp³-hybridized carbons (Fsp3) is 0.550. The fourth-order valence-corrected chi connectivity index (χ4v) is 8.05. The maximum Gasteiger partial charge on any atom is 0.469 e. The lowest BCUT2D eigenvalue weighted by molar-refractivity contribution is -0.0426. The van der Waals surface area contributed by atoms with Crippen LogP contribution in [0.15, 0.2) is 28.4 Å². The zero-order valence-corrected chi connectivity index (χ0v) is 24.3. The third-order valence-corrected chi connectivity index (χ3v) is 10.2. The number of phosphoric acid groups is 1. The normalized spacial score (nSPS) is 27.9. The molecule has 3 aromatic heterocycles. The minimum Gasteiger partial charge on any atom is -0.394 e. The number of aliphatic hydroxyl groups excluding tert-OH is 1. The number of rotatable bonds is 10. The number of aromatic amines is 1. The molecule has 5 heterocycles. The van der Waals surface area contributed by atoms with Gasteiger partial charge >= 0.3 is 20.3 Å². The van der Waals surface area contributed by atoms with Crippen molar-refractivity contribution >= 4 is 43.0 Å². The van der Waals surface area contributed by atoms with Crippen LogP contribution in [0.2, 0.25) is 0 Å². The molecule has 0 aliphatic carbocycles. The van der Waals surface area contributed by atoms with Gasteiger partial charge in [-0.15, -0.1) is 0 Å². The van der Waals surface area contributed by atoms with Gasteiger partial charge in [0.1, 0.15) is 42.6 Å². The molecule has 19 nitrogen and oxygen atoms in total. The smallest absolute Gasteiger partial charge is 0.394 e. The van der Waals surface area contributed by atoms with Crippen LogP contribution < -0.4 is 17.0 Å². The monoisotopic (exact) mass is 651 g/mol. The van der Waals surface area contributed by atoms with Crippen LogP contribution in [0.25, 0.3) is 11.2 Å². The Labute approximate surface area is 239 Å². The molecule has 2 saturated heterocycles. The largest absolute Gasteiger partial charge is 0.469 e. The van der Waals surface area contributed by atoms with Crippen molar-refractivity contribution < 1.29 is 47.4 Å². The molecule has 0 radical (unpaired) electrons. The van der Waals surface area contributed by atoms with E-state index >= 15 is 0 Å². The van der Waals surface area contributed by atoms with Crippen LogP contribution in [0.5, 0.6) is 0 Å². The van der Waals surface area contributed by atoms with E-state index in [0.29, 0.717) is 17.0 Å². The van der Waals surface area contributed by atoms with Gasteiger partial charge < -0.3 is 35.0 Å². The van der Waals surface area contributed by atoms with Gasteiger partial charge in [0.15, 0.2) is 11.5 Å². The predicted octanol–water partition coefficient (Wildman–Crippen LogP) is -0.469. The number of ether oxygens (including phenoxy) is 2. The fourth-order valence-electron chi connectivity index (χ4n) is 4.70. The van der Waals surface area contributed by atoms with E-state index in [1.807, 2.05) is 0 Å². The third-order valence-electron chi connectivity index (χ3n) is 6.64. The minimum atomic E-state index is -4.98. The number of aliphatic hydroxyl groups is 1. The molecule has 0 bridgehead atoms. The van der Waals surface area contributed by atoms with Gasteiger partial charge in [0.05, 0.1) is 19.0 Å². The third kappa shape index (κ3) is 6.68. The first-order valence-corrected chi connectivity index (χ1v) is 17.0. The molecule has 7 atom stereocenters. The number of phosphoric ester groups is 1. The van der Waals surface area contributed by atoms with Crippen molar-refractivity contribution in [3.63, 3.8) is 0 Å². The van der Waals surface area contributed by atoms with Crippen molar-refractivity contribution in [3.8, 4) is 0 Å². The maximum atomic E-state index is 13.1. The Morgan fingerprint density at radius 3 is 2.43 bits per heavy atom. The Morgan fingerprint density at radius 1 is 1.07 bits per heavy atom. The van der Waals surface area contributed by atoms with Gasteiger partial charge in [-0.2, -0.15) is 0 Å². The first-order chi connectivity index (χ1) is 19.7. The number of anilines is 1. The molecule has 2 fully saturated rings. The second-order valence-electron chi connectivity index (χ2n) is 9.52. The van der Waals surface area contributed by atoms with Gasteiger partial charge in [-0.3, -0.25) is 28.0 Å². The number of nitrogens with zero attached hydrogens (tertiary/aromatic N) is 5. The molecule has 42 heavy (non-hydrogen) atoms. The summed E-state index contributed by atoms with van der Waals surface area (Å²) in [5.74, 6) is -0.178. The number of hydrogen-bond acceptors (Lipinski definition) is 14. The predicted molar refractivity (Wildman–Crippen MR) is 144 cm³/mol. The average molecular weight is 651 g/mol. The Morgan fingerprint density at radius 2 is 1.74 bits per heavy atom. The quantitative estimate of drug-likeness (QED) is 0.151. The SMILES string of the molecule is Cc1cn([C@H]2C[C@H](OP(=O)(O)SC[C@H]3O[C@@H](n4cnc5c(N)ncnc54)C[C@@H]3OP(=O)(O)O)[C@@H](CO)O2)c(=O)[nH]c1=O. The summed E-state index contributed by atoms with van der Waals surface area (Å²) in [6.45, 7) is -3.61. The number of aromatic nitrogens is 6. The van der Waals surface area contributed by atoms with E-state index < -0.39 is 69.3 Å². The molecule has 0 amide bonds. The van der Waals surface area contributed by atoms with Crippen molar-refractivity contribution in [2.75, 3.05) is 18.1 Å². The zero-order chi connectivity index (χ0) is 30.4. The van der Waals surface area contributed by atoms with Gasteiger partial charge in [-0.05, 0) is 18.3 Å². The number of nitrogens with two attached hydrogens (primary N) is 1.